The molecule has 5 heteroatoms. The number of nitrogens with two attached hydrogens (primary N) is 1. The van der Waals surface area contributed by atoms with Gasteiger partial charge in [-0.25, -0.2) is 0 Å². The van der Waals surface area contributed by atoms with Crippen molar-refractivity contribution in [2.45, 2.75) is 38.8 Å². The van der Waals surface area contributed by atoms with E-state index in [0.29, 0.717) is 6.04 Å². The SMILES string of the molecule is CCc1nn(C)c(CN2CCC(N)CC2)c1Br. The molecule has 0 aliphatic carbocycles. The number of piperidine rings is 1. The fraction of sp³-hybridized carbons (Fsp3) is 0.750. The Hall–Kier alpha value is -0.390. The molecule has 4 nitrogen and oxygen atoms in total. The Labute approximate surface area is 111 Å². The molecule has 2 N–H and O–H groups in total. The fourth-order valence-electron chi connectivity index (χ4n) is 2.31. The molecule has 2 rings (SSSR count). The van der Waals surface area contributed by atoms with Crippen molar-refractivity contribution in [3.05, 3.63) is 15.9 Å². The van der Waals surface area contributed by atoms with Crippen LogP contribution in [0.25, 0.3) is 0 Å². The molecule has 0 bridgehead atoms. The fourth-order valence-corrected chi connectivity index (χ4v) is 3.06. The van der Waals surface area contributed by atoms with Crippen molar-refractivity contribution in [2.75, 3.05) is 13.1 Å². The van der Waals surface area contributed by atoms with Gasteiger partial charge in [-0.15, -0.1) is 0 Å². The predicted octanol–water partition coefficient (Wildman–Crippen LogP) is 1.67. The number of likely N-dealkylation sites (tertiary alicyclic amines) is 1. The van der Waals surface area contributed by atoms with E-state index in [4.69, 9.17) is 5.73 Å². The van der Waals surface area contributed by atoms with Gasteiger partial charge in [-0.3, -0.25) is 9.58 Å². The van der Waals surface area contributed by atoms with Crippen molar-refractivity contribution >= 4 is 15.9 Å². The molecule has 0 aromatic carbocycles. The number of nitrogens with zero attached hydrogens (tertiary/aromatic N) is 3. The molecule has 0 spiro atoms. The van der Waals surface area contributed by atoms with Crippen LogP contribution in [0.15, 0.2) is 4.47 Å². The highest BCUT2D eigenvalue weighted by Gasteiger charge is 2.19. The summed E-state index contributed by atoms with van der Waals surface area (Å²) in [6.07, 6.45) is 3.19. The maximum Gasteiger partial charge on any atom is 0.0767 e. The van der Waals surface area contributed by atoms with Crippen LogP contribution < -0.4 is 5.73 Å². The summed E-state index contributed by atoms with van der Waals surface area (Å²) in [5, 5.41) is 4.53. The van der Waals surface area contributed by atoms with Gasteiger partial charge in [0.1, 0.15) is 0 Å². The molecular formula is C12H21BrN4. The molecule has 0 amide bonds. The molecule has 96 valence electrons. The van der Waals surface area contributed by atoms with Crippen molar-refractivity contribution in [3.63, 3.8) is 0 Å². The third-order valence-corrected chi connectivity index (χ3v) is 4.42. The first-order valence-corrected chi connectivity index (χ1v) is 7.09. The van der Waals surface area contributed by atoms with E-state index in [-0.39, 0.29) is 0 Å². The van der Waals surface area contributed by atoms with E-state index >= 15 is 0 Å². The number of hydrogen-bond donors (Lipinski definition) is 1. The lowest BCUT2D eigenvalue weighted by molar-refractivity contribution is 0.201. The molecule has 17 heavy (non-hydrogen) atoms. The molecule has 1 aliphatic heterocycles. The van der Waals surface area contributed by atoms with Gasteiger partial charge in [0.25, 0.3) is 0 Å². The number of rotatable bonds is 3. The summed E-state index contributed by atoms with van der Waals surface area (Å²) in [6, 6.07) is 0.396. The van der Waals surface area contributed by atoms with E-state index in [2.05, 4.69) is 32.9 Å². The molecular weight excluding hydrogens is 280 g/mol. The minimum atomic E-state index is 0.396. The van der Waals surface area contributed by atoms with Crippen LogP contribution in [-0.2, 0) is 20.0 Å². The molecule has 1 saturated heterocycles. The van der Waals surface area contributed by atoms with E-state index in [0.717, 1.165) is 44.6 Å². The first kappa shape index (κ1) is 13.1. The molecule has 0 saturated carbocycles. The summed E-state index contributed by atoms with van der Waals surface area (Å²) < 4.78 is 3.18. The molecule has 1 fully saturated rings. The van der Waals surface area contributed by atoms with Gasteiger partial charge in [0.05, 0.1) is 15.9 Å². The Balaban J connectivity index is 2.05. The summed E-state index contributed by atoms with van der Waals surface area (Å²) in [5.74, 6) is 0. The van der Waals surface area contributed by atoms with Crippen LogP contribution in [0.4, 0.5) is 0 Å². The predicted molar refractivity (Wildman–Crippen MR) is 72.8 cm³/mol. The van der Waals surface area contributed by atoms with Crippen molar-refractivity contribution < 1.29 is 0 Å². The second kappa shape index (κ2) is 5.50. The highest BCUT2D eigenvalue weighted by molar-refractivity contribution is 9.10. The summed E-state index contributed by atoms with van der Waals surface area (Å²) >= 11 is 3.67. The third kappa shape index (κ3) is 2.89. The van der Waals surface area contributed by atoms with Gasteiger partial charge in [-0.05, 0) is 35.2 Å². The average molecular weight is 301 g/mol. The second-order valence-electron chi connectivity index (χ2n) is 4.80. The van der Waals surface area contributed by atoms with Gasteiger partial charge in [0.2, 0.25) is 0 Å². The Kier molecular flexibility index (Phi) is 4.22. The molecule has 1 aromatic rings. The molecule has 0 atom stereocenters. The Morgan fingerprint density at radius 2 is 2.06 bits per heavy atom. The largest absolute Gasteiger partial charge is 0.328 e. The van der Waals surface area contributed by atoms with E-state index in [9.17, 15) is 0 Å². The van der Waals surface area contributed by atoms with Crippen LogP contribution in [0.1, 0.15) is 31.2 Å². The van der Waals surface area contributed by atoms with Crippen molar-refractivity contribution in [3.8, 4) is 0 Å². The zero-order valence-electron chi connectivity index (χ0n) is 10.6. The smallest absolute Gasteiger partial charge is 0.0767 e. The lowest BCUT2D eigenvalue weighted by Gasteiger charge is -2.30. The maximum atomic E-state index is 5.92. The second-order valence-corrected chi connectivity index (χ2v) is 5.59. The van der Waals surface area contributed by atoms with E-state index in [1.807, 2.05) is 11.7 Å². The third-order valence-electron chi connectivity index (χ3n) is 3.51. The van der Waals surface area contributed by atoms with Crippen molar-refractivity contribution in [1.82, 2.24) is 14.7 Å². The zero-order valence-corrected chi connectivity index (χ0v) is 12.2. The lowest BCUT2D eigenvalue weighted by atomic mass is 10.1. The highest BCUT2D eigenvalue weighted by atomic mass is 79.9. The van der Waals surface area contributed by atoms with Gasteiger partial charge in [-0.2, -0.15) is 5.10 Å². The van der Waals surface area contributed by atoms with Crippen LogP contribution in [0.5, 0.6) is 0 Å². The average Bonchev–Trinajstić information content (AvgIpc) is 2.59. The Morgan fingerprint density at radius 3 is 2.59 bits per heavy atom. The lowest BCUT2D eigenvalue weighted by Crippen LogP contribution is -2.39. The molecule has 0 unspecified atom stereocenters. The van der Waals surface area contributed by atoms with Crippen molar-refractivity contribution in [1.29, 1.82) is 0 Å². The summed E-state index contributed by atoms with van der Waals surface area (Å²) in [7, 11) is 2.02. The first-order chi connectivity index (χ1) is 8.11. The summed E-state index contributed by atoms with van der Waals surface area (Å²) in [6.45, 7) is 5.30. The first-order valence-electron chi connectivity index (χ1n) is 6.30. The molecule has 2 heterocycles. The van der Waals surface area contributed by atoms with Gasteiger partial charge in [0, 0.05) is 32.7 Å². The quantitative estimate of drug-likeness (QED) is 0.924. The Bertz CT molecular complexity index is 380. The van der Waals surface area contributed by atoms with Crippen LogP contribution >= 0.6 is 15.9 Å². The normalized spacial score (nSPS) is 18.8. The Morgan fingerprint density at radius 1 is 1.41 bits per heavy atom. The standard InChI is InChI=1S/C12H21BrN4/c1-3-10-12(13)11(16(2)15-10)8-17-6-4-9(14)5-7-17/h9H,3-8,14H2,1-2H3. The molecule has 1 aromatic heterocycles. The number of aryl methyl sites for hydroxylation is 2. The van der Waals surface area contributed by atoms with Crippen molar-refractivity contribution in [2.24, 2.45) is 12.8 Å². The van der Waals surface area contributed by atoms with E-state index in [1.54, 1.807) is 0 Å². The minimum absolute atomic E-state index is 0.396. The minimum Gasteiger partial charge on any atom is -0.328 e. The van der Waals surface area contributed by atoms with Crippen LogP contribution in [0.3, 0.4) is 0 Å². The molecule has 1 aliphatic rings. The van der Waals surface area contributed by atoms with E-state index in [1.165, 1.54) is 10.2 Å². The van der Waals surface area contributed by atoms with E-state index < -0.39 is 0 Å². The summed E-state index contributed by atoms with van der Waals surface area (Å²) in [4.78, 5) is 2.46. The number of hydrogen-bond acceptors (Lipinski definition) is 3. The monoisotopic (exact) mass is 300 g/mol. The summed E-state index contributed by atoms with van der Waals surface area (Å²) in [5.41, 5.74) is 8.35. The van der Waals surface area contributed by atoms with Gasteiger partial charge < -0.3 is 5.73 Å². The zero-order chi connectivity index (χ0) is 12.4. The number of aromatic nitrogens is 2. The maximum absolute atomic E-state index is 5.92. The molecule has 0 radical (unpaired) electrons. The van der Waals surface area contributed by atoms with Crippen LogP contribution in [-0.4, -0.2) is 33.8 Å². The van der Waals surface area contributed by atoms with Gasteiger partial charge >= 0.3 is 0 Å². The van der Waals surface area contributed by atoms with Gasteiger partial charge in [-0.1, -0.05) is 6.92 Å². The van der Waals surface area contributed by atoms with Crippen LogP contribution in [0, 0.1) is 0 Å². The number of halogens is 1. The topological polar surface area (TPSA) is 47.1 Å². The highest BCUT2D eigenvalue weighted by Crippen LogP contribution is 2.23. The van der Waals surface area contributed by atoms with Crippen LogP contribution in [0.2, 0.25) is 0 Å². The van der Waals surface area contributed by atoms with Gasteiger partial charge in [0.15, 0.2) is 0 Å².